The van der Waals surface area contributed by atoms with Crippen LogP contribution < -0.4 is 5.73 Å². The van der Waals surface area contributed by atoms with E-state index in [0.717, 1.165) is 41.2 Å². The monoisotopic (exact) mass is 441 g/mol. The molecule has 10 heteroatoms. The number of benzene rings is 1. The molecule has 1 saturated heterocycles. The Hall–Kier alpha value is -3.01. The first-order valence-electron chi connectivity index (χ1n) is 10.4. The lowest BCUT2D eigenvalue weighted by molar-refractivity contribution is -0.133. The number of aromatic nitrogens is 2. The first-order chi connectivity index (χ1) is 14.8. The lowest BCUT2D eigenvalue weighted by Crippen LogP contribution is -2.48. The zero-order chi connectivity index (χ0) is 21.8. The van der Waals surface area contributed by atoms with Crippen LogP contribution in [0.5, 0.6) is 0 Å². The van der Waals surface area contributed by atoms with E-state index in [4.69, 9.17) is 5.73 Å². The fraction of sp³-hybridized carbons (Fsp3) is 0.429. The van der Waals surface area contributed by atoms with Crippen molar-refractivity contribution in [1.82, 2.24) is 19.2 Å². The van der Waals surface area contributed by atoms with Gasteiger partial charge in [0.2, 0.25) is 11.9 Å². The van der Waals surface area contributed by atoms with Gasteiger partial charge in [0.15, 0.2) is 0 Å². The smallest absolute Gasteiger partial charge is 0.269 e. The van der Waals surface area contributed by atoms with E-state index in [1.54, 1.807) is 23.2 Å². The molecule has 1 fully saturated rings. The number of nitrogens with zero attached hydrogens (tertiary/aromatic N) is 4. The molecule has 3 aliphatic rings. The van der Waals surface area contributed by atoms with Crippen LogP contribution in [0.1, 0.15) is 47.3 Å². The summed E-state index contributed by atoms with van der Waals surface area (Å²) >= 11 is 0. The summed E-state index contributed by atoms with van der Waals surface area (Å²) in [6, 6.07) is 6.13. The van der Waals surface area contributed by atoms with Crippen molar-refractivity contribution >= 4 is 27.8 Å². The van der Waals surface area contributed by atoms with Gasteiger partial charge in [-0.1, -0.05) is 12.1 Å². The number of nitrogens with two attached hydrogens (primary N) is 1. The summed E-state index contributed by atoms with van der Waals surface area (Å²) in [5.41, 5.74) is 7.75. The average molecular weight is 442 g/mol. The van der Waals surface area contributed by atoms with E-state index in [9.17, 15) is 18.0 Å². The molecule has 162 valence electrons. The Kier molecular flexibility index (Phi) is 4.51. The second-order valence-electron chi connectivity index (χ2n) is 8.43. The van der Waals surface area contributed by atoms with Gasteiger partial charge in [0.05, 0.1) is 11.3 Å². The Bertz CT molecular complexity index is 1190. The van der Waals surface area contributed by atoms with Crippen LogP contribution >= 0.6 is 0 Å². The molecular formula is C21H23N5O4S. The lowest BCUT2D eigenvalue weighted by Gasteiger charge is -2.40. The number of carbonyl (C=O) groups excluding carboxylic acids is 2. The van der Waals surface area contributed by atoms with E-state index < -0.39 is 15.9 Å². The highest BCUT2D eigenvalue weighted by Gasteiger charge is 2.45. The number of carbonyl (C=O) groups is 2. The molecule has 2 N–H and O–H groups in total. The van der Waals surface area contributed by atoms with Gasteiger partial charge < -0.3 is 10.6 Å². The minimum atomic E-state index is -3.91. The highest BCUT2D eigenvalue weighted by Crippen LogP contribution is 2.44. The standard InChI is InChI=1S/C21H23N5O4S/c22-20-23-12-14-6-9-21(18(14)24-20)8-3-10-25(13-21)17(27)7-11-26-19(28)15-4-1-2-5-16(15)31(26,29)30/h1-2,4-5,12H,3,6-11,13H2,(H2,22,23,24). The third-order valence-corrected chi connectivity index (χ3v) is 8.47. The van der Waals surface area contributed by atoms with Gasteiger partial charge in [-0.2, -0.15) is 0 Å². The van der Waals surface area contributed by atoms with Crippen LogP contribution in [0.15, 0.2) is 35.4 Å². The van der Waals surface area contributed by atoms with Crippen molar-refractivity contribution in [2.75, 3.05) is 25.4 Å². The van der Waals surface area contributed by atoms with Crippen molar-refractivity contribution < 1.29 is 18.0 Å². The van der Waals surface area contributed by atoms with Gasteiger partial charge in [-0.3, -0.25) is 9.59 Å². The van der Waals surface area contributed by atoms with E-state index in [1.807, 2.05) is 0 Å². The molecule has 1 aromatic carbocycles. The molecule has 0 saturated carbocycles. The molecule has 1 aliphatic carbocycles. The number of hydrogen-bond donors (Lipinski definition) is 1. The number of anilines is 1. The summed E-state index contributed by atoms with van der Waals surface area (Å²) in [6.45, 7) is 0.970. The minimum absolute atomic E-state index is 0.00390. The summed E-state index contributed by atoms with van der Waals surface area (Å²) in [4.78, 5) is 35.9. The lowest BCUT2D eigenvalue weighted by atomic mass is 9.77. The Morgan fingerprint density at radius 3 is 2.84 bits per heavy atom. The number of nitrogen functional groups attached to an aromatic ring is 1. The number of piperidine rings is 1. The molecule has 9 nitrogen and oxygen atoms in total. The molecule has 1 atom stereocenters. The van der Waals surface area contributed by atoms with E-state index in [1.165, 1.54) is 12.1 Å². The van der Waals surface area contributed by atoms with Crippen LogP contribution in [-0.2, 0) is 26.7 Å². The minimum Gasteiger partial charge on any atom is -0.368 e. The predicted octanol–water partition coefficient (Wildman–Crippen LogP) is 1.10. The predicted molar refractivity (Wildman–Crippen MR) is 112 cm³/mol. The van der Waals surface area contributed by atoms with Crippen molar-refractivity contribution in [3.05, 3.63) is 47.3 Å². The molecule has 3 heterocycles. The van der Waals surface area contributed by atoms with Crippen molar-refractivity contribution in [1.29, 1.82) is 0 Å². The van der Waals surface area contributed by atoms with Crippen LogP contribution in [0.25, 0.3) is 0 Å². The van der Waals surface area contributed by atoms with Gasteiger partial charge in [-0.25, -0.2) is 22.7 Å². The van der Waals surface area contributed by atoms with Crippen molar-refractivity contribution in [2.45, 2.75) is 42.4 Å². The summed E-state index contributed by atoms with van der Waals surface area (Å²) in [6.07, 6.45) is 5.23. The third kappa shape index (κ3) is 3.08. The van der Waals surface area contributed by atoms with Gasteiger partial charge in [0, 0.05) is 37.7 Å². The first kappa shape index (κ1) is 19.9. The Balaban J connectivity index is 1.30. The fourth-order valence-corrected chi connectivity index (χ4v) is 6.67. The Morgan fingerprint density at radius 1 is 1.23 bits per heavy atom. The SMILES string of the molecule is Nc1ncc2c(n1)C1(CCCN(C(=O)CCN3C(=O)c4ccccc4S3(=O)=O)C1)CC2. The van der Waals surface area contributed by atoms with Crippen molar-refractivity contribution in [3.8, 4) is 0 Å². The second-order valence-corrected chi connectivity index (χ2v) is 10.3. The molecule has 31 heavy (non-hydrogen) atoms. The second kappa shape index (κ2) is 7.01. The highest BCUT2D eigenvalue weighted by atomic mass is 32.2. The maximum Gasteiger partial charge on any atom is 0.269 e. The van der Waals surface area contributed by atoms with E-state index in [0.29, 0.717) is 13.1 Å². The zero-order valence-electron chi connectivity index (χ0n) is 17.0. The summed E-state index contributed by atoms with van der Waals surface area (Å²) in [7, 11) is -3.91. The molecule has 0 radical (unpaired) electrons. The number of rotatable bonds is 3. The molecule has 1 aromatic heterocycles. The molecular weight excluding hydrogens is 418 g/mol. The fourth-order valence-electron chi connectivity index (χ4n) is 5.10. The van der Waals surface area contributed by atoms with Gasteiger partial charge in [0.1, 0.15) is 4.90 Å². The van der Waals surface area contributed by atoms with Crippen molar-refractivity contribution in [2.24, 2.45) is 0 Å². The van der Waals surface area contributed by atoms with E-state index in [-0.39, 0.29) is 40.7 Å². The van der Waals surface area contributed by atoms with E-state index in [2.05, 4.69) is 9.97 Å². The number of amides is 2. The largest absolute Gasteiger partial charge is 0.368 e. The van der Waals surface area contributed by atoms with Gasteiger partial charge in [0.25, 0.3) is 15.9 Å². The molecule has 2 amide bonds. The topological polar surface area (TPSA) is 127 Å². The average Bonchev–Trinajstić information content (AvgIpc) is 3.19. The van der Waals surface area contributed by atoms with Gasteiger partial charge in [-0.15, -0.1) is 0 Å². The van der Waals surface area contributed by atoms with Crippen LogP contribution in [0, 0.1) is 0 Å². The molecule has 2 aliphatic heterocycles. The normalized spacial score (nSPS) is 23.8. The molecule has 5 rings (SSSR count). The van der Waals surface area contributed by atoms with Crippen LogP contribution in [0.2, 0.25) is 0 Å². The summed E-state index contributed by atoms with van der Waals surface area (Å²) in [5, 5.41) is 0. The van der Waals surface area contributed by atoms with Crippen molar-refractivity contribution in [3.63, 3.8) is 0 Å². The third-order valence-electron chi connectivity index (χ3n) is 6.63. The van der Waals surface area contributed by atoms with Crippen LogP contribution in [0.3, 0.4) is 0 Å². The number of sulfonamides is 1. The zero-order valence-corrected chi connectivity index (χ0v) is 17.8. The number of hydrogen-bond acceptors (Lipinski definition) is 7. The summed E-state index contributed by atoms with van der Waals surface area (Å²) < 4.78 is 26.2. The Morgan fingerprint density at radius 2 is 2.03 bits per heavy atom. The molecule has 1 spiro atoms. The maximum absolute atomic E-state index is 13.0. The quantitative estimate of drug-likeness (QED) is 0.756. The highest BCUT2D eigenvalue weighted by molar-refractivity contribution is 7.90. The number of fused-ring (bicyclic) bond motifs is 3. The maximum atomic E-state index is 13.0. The summed E-state index contributed by atoms with van der Waals surface area (Å²) in [5.74, 6) is -0.496. The van der Waals surface area contributed by atoms with Gasteiger partial charge in [-0.05, 0) is 43.4 Å². The van der Waals surface area contributed by atoms with Crippen LogP contribution in [0.4, 0.5) is 5.95 Å². The number of aryl methyl sites for hydroxylation is 1. The molecule has 1 unspecified atom stereocenters. The first-order valence-corrected chi connectivity index (χ1v) is 11.8. The number of likely N-dealkylation sites (tertiary alicyclic amines) is 1. The molecule has 0 bridgehead atoms. The molecule has 2 aromatic rings. The van der Waals surface area contributed by atoms with Gasteiger partial charge >= 0.3 is 0 Å². The van der Waals surface area contributed by atoms with E-state index >= 15 is 0 Å². The van der Waals surface area contributed by atoms with Crippen LogP contribution in [-0.4, -0.2) is 59.0 Å². The Labute approximate surface area is 180 Å².